The molecule has 116 valence electrons. The van der Waals surface area contributed by atoms with E-state index < -0.39 is 0 Å². The molecule has 0 unspecified atom stereocenters. The predicted octanol–water partition coefficient (Wildman–Crippen LogP) is 4.22. The summed E-state index contributed by atoms with van der Waals surface area (Å²) in [5.74, 6) is 1.18. The maximum absolute atomic E-state index is 4.95. The van der Waals surface area contributed by atoms with Crippen LogP contribution in [0.25, 0.3) is 10.9 Å². The first-order chi connectivity index (χ1) is 10.9. The fraction of sp³-hybridized carbons (Fsp3) is 0.526. The van der Waals surface area contributed by atoms with Crippen molar-refractivity contribution in [2.45, 2.75) is 38.5 Å². The smallest absolute Gasteiger partial charge is 0.131 e. The topological polar surface area (TPSA) is 19.4 Å². The number of fused-ring (bicyclic) bond motifs is 1. The van der Waals surface area contributed by atoms with Crippen LogP contribution in [0.5, 0.6) is 0 Å². The van der Waals surface area contributed by atoms with Gasteiger partial charge in [0.2, 0.25) is 0 Å². The Labute approximate surface area is 132 Å². The minimum absolute atomic E-state index is 1.14. The number of rotatable bonds is 2. The lowest BCUT2D eigenvalue weighted by Gasteiger charge is -2.32. The molecule has 0 radical (unpaired) electrons. The van der Waals surface area contributed by atoms with Gasteiger partial charge in [-0.25, -0.2) is 4.98 Å². The minimum atomic E-state index is 1.14. The van der Waals surface area contributed by atoms with Gasteiger partial charge in [0.05, 0.1) is 5.52 Å². The number of benzene rings is 1. The Hall–Kier alpha value is -1.77. The summed E-state index contributed by atoms with van der Waals surface area (Å²) in [5.41, 5.74) is 2.54. The van der Waals surface area contributed by atoms with Crippen LogP contribution in [0.4, 0.5) is 11.5 Å². The summed E-state index contributed by atoms with van der Waals surface area (Å²) in [6.07, 6.45) is 7.97. The van der Waals surface area contributed by atoms with Crippen LogP contribution < -0.4 is 9.80 Å². The van der Waals surface area contributed by atoms with Crippen LogP contribution >= 0.6 is 0 Å². The number of pyridine rings is 1. The van der Waals surface area contributed by atoms with Gasteiger partial charge < -0.3 is 9.80 Å². The quantitative estimate of drug-likeness (QED) is 0.827. The summed E-state index contributed by atoms with van der Waals surface area (Å²) >= 11 is 0. The predicted molar refractivity (Wildman–Crippen MR) is 93.9 cm³/mol. The zero-order valence-corrected chi connectivity index (χ0v) is 13.3. The van der Waals surface area contributed by atoms with Crippen molar-refractivity contribution in [1.82, 2.24) is 4.98 Å². The number of hydrogen-bond acceptors (Lipinski definition) is 3. The van der Waals surface area contributed by atoms with Crippen LogP contribution in [0.2, 0.25) is 0 Å². The highest BCUT2D eigenvalue weighted by Gasteiger charge is 2.18. The van der Waals surface area contributed by atoms with Crippen LogP contribution in [-0.4, -0.2) is 31.2 Å². The molecule has 0 saturated carbocycles. The third-order valence-corrected chi connectivity index (χ3v) is 5.06. The molecular weight excluding hydrogens is 270 g/mol. The number of piperidine rings is 2. The molecule has 0 atom stereocenters. The fourth-order valence-electron chi connectivity index (χ4n) is 3.82. The summed E-state index contributed by atoms with van der Waals surface area (Å²) in [6.45, 7) is 4.69. The highest BCUT2D eigenvalue weighted by Crippen LogP contribution is 2.32. The molecule has 0 spiro atoms. The molecule has 3 nitrogen and oxygen atoms in total. The molecule has 0 bridgehead atoms. The Morgan fingerprint density at radius 2 is 1.36 bits per heavy atom. The van der Waals surface area contributed by atoms with Crippen LogP contribution in [0.3, 0.4) is 0 Å². The molecular formula is C19H25N3. The third kappa shape index (κ3) is 2.65. The van der Waals surface area contributed by atoms with Gasteiger partial charge in [-0.2, -0.15) is 0 Å². The zero-order chi connectivity index (χ0) is 14.8. The lowest BCUT2D eigenvalue weighted by Crippen LogP contribution is -2.32. The number of anilines is 2. The van der Waals surface area contributed by atoms with E-state index in [2.05, 4.69) is 40.1 Å². The van der Waals surface area contributed by atoms with E-state index in [-0.39, 0.29) is 0 Å². The number of hydrogen-bond donors (Lipinski definition) is 0. The van der Waals surface area contributed by atoms with E-state index in [9.17, 15) is 0 Å². The van der Waals surface area contributed by atoms with E-state index in [0.29, 0.717) is 0 Å². The van der Waals surface area contributed by atoms with Crippen molar-refractivity contribution in [3.8, 4) is 0 Å². The van der Waals surface area contributed by atoms with E-state index in [1.807, 2.05) is 0 Å². The first-order valence-electron chi connectivity index (χ1n) is 8.81. The number of para-hydroxylation sites is 1. The highest BCUT2D eigenvalue weighted by molar-refractivity contribution is 5.93. The summed E-state index contributed by atoms with van der Waals surface area (Å²) in [7, 11) is 0. The molecule has 3 heterocycles. The van der Waals surface area contributed by atoms with Gasteiger partial charge >= 0.3 is 0 Å². The van der Waals surface area contributed by atoms with Gasteiger partial charge in [0, 0.05) is 43.3 Å². The Morgan fingerprint density at radius 1 is 0.727 bits per heavy atom. The second kappa shape index (κ2) is 6.15. The molecule has 2 aromatic rings. The Balaban J connectivity index is 1.78. The molecule has 0 amide bonds. The third-order valence-electron chi connectivity index (χ3n) is 5.06. The van der Waals surface area contributed by atoms with Gasteiger partial charge in [-0.1, -0.05) is 18.2 Å². The van der Waals surface area contributed by atoms with Crippen molar-refractivity contribution in [2.75, 3.05) is 36.0 Å². The molecule has 22 heavy (non-hydrogen) atoms. The Bertz CT molecular complexity index is 640. The number of aromatic nitrogens is 1. The van der Waals surface area contributed by atoms with Gasteiger partial charge in [0.25, 0.3) is 0 Å². The van der Waals surface area contributed by atoms with Crippen molar-refractivity contribution in [3.63, 3.8) is 0 Å². The van der Waals surface area contributed by atoms with Gasteiger partial charge in [0.1, 0.15) is 5.82 Å². The second-order valence-electron chi connectivity index (χ2n) is 6.61. The van der Waals surface area contributed by atoms with Gasteiger partial charge in [0.15, 0.2) is 0 Å². The van der Waals surface area contributed by atoms with E-state index in [4.69, 9.17) is 4.98 Å². The first-order valence-corrected chi connectivity index (χ1v) is 8.81. The van der Waals surface area contributed by atoms with Gasteiger partial charge in [-0.05, 0) is 44.6 Å². The molecule has 1 aromatic heterocycles. The maximum atomic E-state index is 4.95. The molecule has 2 aliphatic rings. The first kappa shape index (κ1) is 13.9. The van der Waals surface area contributed by atoms with Crippen LogP contribution in [0.1, 0.15) is 38.5 Å². The van der Waals surface area contributed by atoms with Crippen molar-refractivity contribution in [1.29, 1.82) is 0 Å². The molecule has 2 saturated heterocycles. The van der Waals surface area contributed by atoms with Crippen molar-refractivity contribution < 1.29 is 0 Å². The van der Waals surface area contributed by atoms with Gasteiger partial charge in [-0.15, -0.1) is 0 Å². The van der Waals surface area contributed by atoms with Crippen LogP contribution in [-0.2, 0) is 0 Å². The summed E-state index contributed by atoms with van der Waals surface area (Å²) in [6, 6.07) is 11.0. The SMILES string of the molecule is c1ccc2c(N3CCCCC3)cc(N3CCCCC3)nc2c1. The highest BCUT2D eigenvalue weighted by atomic mass is 15.2. The van der Waals surface area contributed by atoms with Crippen LogP contribution in [0.15, 0.2) is 30.3 Å². The lowest BCUT2D eigenvalue weighted by atomic mass is 10.1. The lowest BCUT2D eigenvalue weighted by molar-refractivity contribution is 0.571. The Morgan fingerprint density at radius 3 is 2.09 bits per heavy atom. The fourth-order valence-corrected chi connectivity index (χ4v) is 3.82. The monoisotopic (exact) mass is 295 g/mol. The molecule has 3 heteroatoms. The summed E-state index contributed by atoms with van der Waals surface area (Å²) in [4.78, 5) is 10.00. The molecule has 0 aliphatic carbocycles. The Kier molecular flexibility index (Phi) is 3.88. The second-order valence-corrected chi connectivity index (χ2v) is 6.61. The normalized spacial score (nSPS) is 19.6. The molecule has 4 rings (SSSR count). The van der Waals surface area contributed by atoms with E-state index in [1.54, 1.807) is 0 Å². The van der Waals surface area contributed by atoms with Crippen molar-refractivity contribution >= 4 is 22.4 Å². The maximum Gasteiger partial charge on any atom is 0.131 e. The van der Waals surface area contributed by atoms with E-state index in [1.165, 1.54) is 68.5 Å². The molecule has 1 aromatic carbocycles. The zero-order valence-electron chi connectivity index (χ0n) is 13.3. The van der Waals surface area contributed by atoms with Crippen molar-refractivity contribution in [3.05, 3.63) is 30.3 Å². The van der Waals surface area contributed by atoms with E-state index in [0.717, 1.165) is 18.6 Å². The van der Waals surface area contributed by atoms with Crippen molar-refractivity contribution in [2.24, 2.45) is 0 Å². The molecule has 0 N–H and O–H groups in total. The minimum Gasteiger partial charge on any atom is -0.371 e. The molecule has 2 aliphatic heterocycles. The van der Waals surface area contributed by atoms with Crippen LogP contribution in [0, 0.1) is 0 Å². The summed E-state index contributed by atoms with van der Waals surface area (Å²) in [5, 5.41) is 1.31. The largest absolute Gasteiger partial charge is 0.371 e. The average molecular weight is 295 g/mol. The van der Waals surface area contributed by atoms with E-state index >= 15 is 0 Å². The summed E-state index contributed by atoms with van der Waals surface area (Å²) < 4.78 is 0. The molecule has 2 fully saturated rings. The standard InChI is InChI=1S/C19H25N3/c1-5-11-21(12-6-1)18-15-19(22-13-7-2-8-14-22)20-17-10-4-3-9-16(17)18/h3-4,9-10,15H,1-2,5-8,11-14H2. The van der Waals surface area contributed by atoms with Gasteiger partial charge in [-0.3, -0.25) is 0 Å². The average Bonchev–Trinajstić information content (AvgIpc) is 2.62. The number of nitrogens with zero attached hydrogens (tertiary/aromatic N) is 3.